The van der Waals surface area contributed by atoms with Crippen LogP contribution in [0, 0.1) is 20.2 Å². The number of nitro groups is 2. The Morgan fingerprint density at radius 1 is 1.00 bits per heavy atom. The summed E-state index contributed by atoms with van der Waals surface area (Å²) < 4.78 is 16.4. The van der Waals surface area contributed by atoms with E-state index in [4.69, 9.17) is 14.2 Å². The maximum atomic E-state index is 11.4. The quantitative estimate of drug-likeness (QED) is 0.326. The highest BCUT2D eigenvalue weighted by Crippen LogP contribution is 2.36. The molecule has 0 aromatic heterocycles. The Morgan fingerprint density at radius 3 is 2.36 bits per heavy atom. The molecule has 0 spiro atoms. The van der Waals surface area contributed by atoms with E-state index >= 15 is 0 Å². The molecular weight excluding hydrogens is 368 g/mol. The lowest BCUT2D eigenvalue weighted by Crippen LogP contribution is -2.05. The Balaban J connectivity index is 2.33. The van der Waals surface area contributed by atoms with Gasteiger partial charge in [-0.1, -0.05) is 30.3 Å². The molecular formula is C19H20N2O7. The molecule has 0 radical (unpaired) electrons. The van der Waals surface area contributed by atoms with E-state index in [2.05, 4.69) is 0 Å². The number of rotatable bonds is 11. The van der Waals surface area contributed by atoms with E-state index in [1.807, 2.05) is 30.3 Å². The molecule has 9 nitrogen and oxygen atoms in total. The number of methoxy groups -OCH3 is 1. The zero-order valence-electron chi connectivity index (χ0n) is 15.3. The minimum atomic E-state index is -0.691. The number of ether oxygens (including phenoxy) is 3. The fraction of sp³-hybridized carbons (Fsp3) is 0.263. The molecule has 0 unspecified atom stereocenters. The lowest BCUT2D eigenvalue weighted by molar-refractivity contribution is -0.401. The molecule has 9 heteroatoms. The highest BCUT2D eigenvalue weighted by Gasteiger charge is 2.19. The standard InChI is InChI=1S/C19H20N2O7/c1-26-10-5-11-27-19-13-17(21(24)25)16(8-9-20(22)23)12-18(19)28-14-15-6-3-2-4-7-15/h2-4,6-9,12-13H,5,10-11,14H2,1H3/b9-8+. The molecule has 0 amide bonds. The first-order chi connectivity index (χ1) is 13.5. The molecule has 28 heavy (non-hydrogen) atoms. The van der Waals surface area contributed by atoms with E-state index in [1.165, 1.54) is 12.1 Å². The minimum absolute atomic E-state index is 0.0500. The Kier molecular flexibility index (Phi) is 7.92. The molecule has 2 rings (SSSR count). The summed E-state index contributed by atoms with van der Waals surface area (Å²) in [5, 5.41) is 22.0. The fourth-order valence-electron chi connectivity index (χ4n) is 2.34. The lowest BCUT2D eigenvalue weighted by Gasteiger charge is -2.14. The van der Waals surface area contributed by atoms with Crippen LogP contribution < -0.4 is 9.47 Å². The molecule has 0 N–H and O–H groups in total. The number of nitrogens with zero attached hydrogens (tertiary/aromatic N) is 2. The predicted molar refractivity (Wildman–Crippen MR) is 102 cm³/mol. The van der Waals surface area contributed by atoms with Crippen molar-refractivity contribution in [2.75, 3.05) is 20.3 Å². The van der Waals surface area contributed by atoms with Crippen molar-refractivity contribution in [2.24, 2.45) is 0 Å². The first-order valence-corrected chi connectivity index (χ1v) is 8.44. The summed E-state index contributed by atoms with van der Waals surface area (Å²) in [6, 6.07) is 11.9. The second kappa shape index (κ2) is 10.6. The van der Waals surface area contributed by atoms with Gasteiger partial charge in [0.15, 0.2) is 11.5 Å². The number of hydrogen-bond acceptors (Lipinski definition) is 7. The summed E-state index contributed by atoms with van der Waals surface area (Å²) in [6.45, 7) is 0.966. The minimum Gasteiger partial charge on any atom is -0.489 e. The average Bonchev–Trinajstić information content (AvgIpc) is 2.69. The number of nitro benzene ring substituents is 1. The summed E-state index contributed by atoms with van der Waals surface area (Å²) >= 11 is 0. The monoisotopic (exact) mass is 388 g/mol. The van der Waals surface area contributed by atoms with Gasteiger partial charge < -0.3 is 14.2 Å². The normalized spacial score (nSPS) is 10.8. The predicted octanol–water partition coefficient (Wildman–Crippen LogP) is 3.84. The topological polar surface area (TPSA) is 114 Å². The molecule has 0 aliphatic heterocycles. The van der Waals surface area contributed by atoms with Crippen LogP contribution in [0.5, 0.6) is 11.5 Å². The van der Waals surface area contributed by atoms with E-state index in [1.54, 1.807) is 7.11 Å². The van der Waals surface area contributed by atoms with E-state index in [0.29, 0.717) is 19.2 Å². The summed E-state index contributed by atoms with van der Waals surface area (Å²) in [5.74, 6) is 0.451. The van der Waals surface area contributed by atoms with Gasteiger partial charge in [-0.15, -0.1) is 0 Å². The summed E-state index contributed by atoms with van der Waals surface area (Å²) in [4.78, 5) is 20.7. The molecule has 2 aromatic rings. The van der Waals surface area contributed by atoms with Gasteiger partial charge in [-0.05, 0) is 11.6 Å². The van der Waals surface area contributed by atoms with Crippen LogP contribution in [0.4, 0.5) is 5.69 Å². The second-order valence-electron chi connectivity index (χ2n) is 5.69. The van der Waals surface area contributed by atoms with Gasteiger partial charge in [0.05, 0.1) is 28.1 Å². The van der Waals surface area contributed by atoms with Crippen molar-refractivity contribution in [3.63, 3.8) is 0 Å². The molecule has 0 saturated heterocycles. The van der Waals surface area contributed by atoms with Crippen molar-refractivity contribution in [1.82, 2.24) is 0 Å². The molecule has 148 valence electrons. The van der Waals surface area contributed by atoms with Gasteiger partial charge in [-0.25, -0.2) is 0 Å². The number of hydrogen-bond donors (Lipinski definition) is 0. The average molecular weight is 388 g/mol. The van der Waals surface area contributed by atoms with Crippen LogP contribution in [0.3, 0.4) is 0 Å². The van der Waals surface area contributed by atoms with Crippen molar-refractivity contribution in [2.45, 2.75) is 13.0 Å². The van der Waals surface area contributed by atoms with Gasteiger partial charge in [0, 0.05) is 26.2 Å². The van der Waals surface area contributed by atoms with E-state index in [-0.39, 0.29) is 36.0 Å². The largest absolute Gasteiger partial charge is 0.489 e. The Bertz CT molecular complexity index is 838. The molecule has 0 aliphatic rings. The third kappa shape index (κ3) is 6.36. The molecule has 0 fully saturated rings. The molecule has 2 aromatic carbocycles. The van der Waals surface area contributed by atoms with Crippen LogP contribution in [0.15, 0.2) is 48.7 Å². The zero-order valence-corrected chi connectivity index (χ0v) is 15.3. The van der Waals surface area contributed by atoms with Gasteiger partial charge >= 0.3 is 0 Å². The summed E-state index contributed by atoms with van der Waals surface area (Å²) in [7, 11) is 1.57. The van der Waals surface area contributed by atoms with Crippen LogP contribution in [0.1, 0.15) is 17.5 Å². The SMILES string of the molecule is COCCCOc1cc([N+](=O)[O-])c(/C=C/[N+](=O)[O-])cc1OCc1ccccc1. The zero-order chi connectivity index (χ0) is 20.4. The highest BCUT2D eigenvalue weighted by molar-refractivity contribution is 5.66. The number of benzene rings is 2. The first-order valence-electron chi connectivity index (χ1n) is 8.44. The molecule has 0 aliphatic carbocycles. The van der Waals surface area contributed by atoms with Crippen molar-refractivity contribution in [3.05, 3.63) is 80.0 Å². The maximum absolute atomic E-state index is 11.4. The lowest BCUT2D eigenvalue weighted by atomic mass is 10.1. The van der Waals surface area contributed by atoms with Crippen LogP contribution in [0.2, 0.25) is 0 Å². The molecule has 0 bridgehead atoms. The molecule has 0 saturated carbocycles. The van der Waals surface area contributed by atoms with Crippen LogP contribution in [0.25, 0.3) is 6.08 Å². The second-order valence-corrected chi connectivity index (χ2v) is 5.69. The van der Waals surface area contributed by atoms with Gasteiger partial charge in [0.25, 0.3) is 5.69 Å². The summed E-state index contributed by atoms with van der Waals surface area (Å²) in [6.07, 6.45) is 2.29. The van der Waals surface area contributed by atoms with Gasteiger partial charge in [0.1, 0.15) is 6.61 Å². The van der Waals surface area contributed by atoms with Gasteiger partial charge in [0.2, 0.25) is 6.20 Å². The first kappa shape index (κ1) is 20.8. The van der Waals surface area contributed by atoms with Crippen LogP contribution in [-0.4, -0.2) is 30.2 Å². The van der Waals surface area contributed by atoms with Crippen molar-refractivity contribution in [1.29, 1.82) is 0 Å². The van der Waals surface area contributed by atoms with Crippen LogP contribution in [-0.2, 0) is 11.3 Å². The fourth-order valence-corrected chi connectivity index (χ4v) is 2.34. The van der Waals surface area contributed by atoms with E-state index < -0.39 is 9.85 Å². The molecule has 0 atom stereocenters. The van der Waals surface area contributed by atoms with Gasteiger partial charge in [-0.2, -0.15) is 0 Å². The molecule has 0 heterocycles. The van der Waals surface area contributed by atoms with Crippen molar-refractivity contribution < 1.29 is 24.1 Å². The van der Waals surface area contributed by atoms with Gasteiger partial charge in [-0.3, -0.25) is 20.2 Å². The maximum Gasteiger partial charge on any atom is 0.280 e. The Labute approximate surface area is 161 Å². The van der Waals surface area contributed by atoms with Crippen LogP contribution >= 0.6 is 0 Å². The van der Waals surface area contributed by atoms with Crippen molar-refractivity contribution >= 4 is 11.8 Å². The third-order valence-corrected chi connectivity index (χ3v) is 3.65. The Hall–Kier alpha value is -3.46. The smallest absolute Gasteiger partial charge is 0.280 e. The Morgan fingerprint density at radius 2 is 1.71 bits per heavy atom. The highest BCUT2D eigenvalue weighted by atomic mass is 16.6. The van der Waals surface area contributed by atoms with Crippen molar-refractivity contribution in [3.8, 4) is 11.5 Å². The summed E-state index contributed by atoms with van der Waals surface area (Å²) in [5.41, 5.74) is 0.634. The van der Waals surface area contributed by atoms with E-state index in [9.17, 15) is 20.2 Å². The third-order valence-electron chi connectivity index (χ3n) is 3.65. The van der Waals surface area contributed by atoms with E-state index in [0.717, 1.165) is 11.6 Å².